The van der Waals surface area contributed by atoms with Gasteiger partial charge in [0.25, 0.3) is 11.5 Å². The van der Waals surface area contributed by atoms with Crippen molar-refractivity contribution in [1.82, 2.24) is 24.6 Å². The smallest absolute Gasteiger partial charge is 0.381 e. The van der Waals surface area contributed by atoms with E-state index in [-0.39, 0.29) is 30.0 Å². The van der Waals surface area contributed by atoms with E-state index in [1.807, 2.05) is 35.7 Å². The average Bonchev–Trinajstić information content (AvgIpc) is 3.52. The van der Waals surface area contributed by atoms with E-state index < -0.39 is 12.6 Å². The van der Waals surface area contributed by atoms with Crippen molar-refractivity contribution in [2.45, 2.75) is 57.3 Å². The number of aromatic amines is 1. The predicted molar refractivity (Wildman–Crippen MR) is 134 cm³/mol. The number of rotatable bonds is 6. The molecule has 8 nitrogen and oxygen atoms in total. The molecule has 0 unspecified atom stereocenters. The van der Waals surface area contributed by atoms with Crippen LogP contribution in [0.25, 0.3) is 21.8 Å². The lowest BCUT2D eigenvalue weighted by Gasteiger charge is -2.25. The maximum absolute atomic E-state index is 13.6. The first kappa shape index (κ1) is 25.7. The van der Waals surface area contributed by atoms with Gasteiger partial charge in [-0.3, -0.25) is 14.3 Å². The quantitative estimate of drug-likeness (QED) is 0.532. The third-order valence-electron chi connectivity index (χ3n) is 7.72. The fourth-order valence-electron chi connectivity index (χ4n) is 5.60. The van der Waals surface area contributed by atoms with E-state index in [0.717, 1.165) is 35.7 Å². The lowest BCUT2D eigenvalue weighted by atomic mass is 10.0. The number of halogens is 3. The Morgan fingerprint density at radius 2 is 1.97 bits per heavy atom. The van der Waals surface area contributed by atoms with Crippen molar-refractivity contribution in [3.63, 3.8) is 0 Å². The molecule has 5 rings (SSSR count). The van der Waals surface area contributed by atoms with Crippen molar-refractivity contribution in [3.05, 3.63) is 39.8 Å². The molecule has 1 atom stereocenters. The normalized spacial score (nSPS) is 19.5. The molecule has 2 aliphatic heterocycles. The number of fused-ring (bicyclic) bond motifs is 3. The second-order valence-corrected chi connectivity index (χ2v) is 10.3. The summed E-state index contributed by atoms with van der Waals surface area (Å²) in [6, 6.07) is 3.82. The number of benzene rings is 1. The molecule has 0 bridgehead atoms. The van der Waals surface area contributed by atoms with Crippen LogP contribution in [0.5, 0.6) is 0 Å². The predicted octanol–water partition coefficient (Wildman–Crippen LogP) is 4.03. The van der Waals surface area contributed by atoms with Gasteiger partial charge in [-0.2, -0.15) is 18.3 Å². The second kappa shape index (κ2) is 10.1. The molecule has 2 aromatic heterocycles. The van der Waals surface area contributed by atoms with Crippen molar-refractivity contribution >= 4 is 27.7 Å². The maximum atomic E-state index is 13.6. The van der Waals surface area contributed by atoms with Crippen molar-refractivity contribution in [2.24, 2.45) is 0 Å². The van der Waals surface area contributed by atoms with Gasteiger partial charge in [-0.1, -0.05) is 0 Å². The molecule has 0 aliphatic carbocycles. The number of aromatic nitrogens is 3. The van der Waals surface area contributed by atoms with Gasteiger partial charge in [0.2, 0.25) is 0 Å². The number of nitrogens with one attached hydrogen (secondary N) is 1. The number of carbonyl (C=O) groups is 1. The molecule has 200 valence electrons. The van der Waals surface area contributed by atoms with Crippen LogP contribution in [0, 0.1) is 6.92 Å². The zero-order valence-corrected chi connectivity index (χ0v) is 21.1. The monoisotopic (exact) mass is 519 g/mol. The average molecular weight is 520 g/mol. The van der Waals surface area contributed by atoms with Crippen LogP contribution in [0.3, 0.4) is 0 Å². The number of pyridine rings is 1. The summed E-state index contributed by atoms with van der Waals surface area (Å²) in [5, 5.41) is 5.80. The largest absolute Gasteiger partial charge is 0.389 e. The van der Waals surface area contributed by atoms with E-state index >= 15 is 0 Å². The molecule has 0 saturated carbocycles. The molecule has 3 aromatic rings. The summed E-state index contributed by atoms with van der Waals surface area (Å²) in [6.07, 6.45) is -1.00. The molecule has 2 saturated heterocycles. The number of aryl methyl sites for hydroxylation is 1. The molecule has 4 heterocycles. The Labute approximate surface area is 212 Å². The van der Waals surface area contributed by atoms with Crippen LogP contribution >= 0.6 is 0 Å². The SMILES string of the molecule is Cc1cc2[nH]c(=O)c3cnn(C4CCOCC4)c3c2cc1C(=O)N1CC[C@H](N(C)CCCC(F)(F)F)C1. The molecular formula is C26H32F3N5O3. The van der Waals surface area contributed by atoms with Crippen LogP contribution in [0.1, 0.15) is 54.1 Å². The summed E-state index contributed by atoms with van der Waals surface area (Å²) in [7, 11) is 1.82. The summed E-state index contributed by atoms with van der Waals surface area (Å²) in [5.74, 6) is -0.109. The van der Waals surface area contributed by atoms with Gasteiger partial charge in [0, 0.05) is 49.7 Å². The molecule has 37 heavy (non-hydrogen) atoms. The number of likely N-dealkylation sites (N-methyl/N-ethyl adjacent to an activating group) is 1. The highest BCUT2D eigenvalue weighted by Gasteiger charge is 2.32. The zero-order chi connectivity index (χ0) is 26.3. The minimum Gasteiger partial charge on any atom is -0.381 e. The Kier molecular flexibility index (Phi) is 7.01. The molecule has 0 radical (unpaired) electrons. The summed E-state index contributed by atoms with van der Waals surface area (Å²) in [4.78, 5) is 33.0. The lowest BCUT2D eigenvalue weighted by molar-refractivity contribution is -0.136. The van der Waals surface area contributed by atoms with Crippen LogP contribution in [0.15, 0.2) is 23.1 Å². The van der Waals surface area contributed by atoms with Gasteiger partial charge in [-0.05, 0) is 63.9 Å². The van der Waals surface area contributed by atoms with Crippen LogP contribution in [-0.4, -0.2) is 82.6 Å². The number of nitrogens with zero attached hydrogens (tertiary/aromatic N) is 4. The number of amides is 1. The molecular weight excluding hydrogens is 487 g/mol. The number of ether oxygens (including phenoxy) is 1. The van der Waals surface area contributed by atoms with Crippen LogP contribution < -0.4 is 5.56 Å². The standard InChI is InChI=1S/C26H32F3N5O3/c1-16-12-22-20(23-21(24(35)31-22)14-30-34(23)17-5-10-37-11-6-17)13-19(16)25(36)33-9-4-18(15-33)32(2)8-3-7-26(27,28)29/h12-14,17-18H,3-11,15H2,1-2H3,(H,31,35)/t18-/m0/s1. The van der Waals surface area contributed by atoms with Gasteiger partial charge in [0.1, 0.15) is 0 Å². The highest BCUT2D eigenvalue weighted by molar-refractivity contribution is 6.07. The first-order chi connectivity index (χ1) is 17.6. The fraction of sp³-hybridized carbons (Fsp3) is 0.577. The topological polar surface area (TPSA) is 83.5 Å². The summed E-state index contributed by atoms with van der Waals surface area (Å²) >= 11 is 0. The molecule has 11 heteroatoms. The number of carbonyl (C=O) groups excluding carboxylic acids is 1. The number of likely N-dealkylation sites (tertiary alicyclic amines) is 1. The Morgan fingerprint density at radius 3 is 2.70 bits per heavy atom. The van der Waals surface area contributed by atoms with Gasteiger partial charge < -0.3 is 19.5 Å². The van der Waals surface area contributed by atoms with E-state index in [1.54, 1.807) is 11.1 Å². The molecule has 0 spiro atoms. The molecule has 2 aliphatic rings. The third kappa shape index (κ3) is 5.24. The van der Waals surface area contributed by atoms with Crippen molar-refractivity contribution in [2.75, 3.05) is 39.9 Å². The van der Waals surface area contributed by atoms with Crippen molar-refractivity contribution < 1.29 is 22.7 Å². The van der Waals surface area contributed by atoms with Crippen LogP contribution in [0.4, 0.5) is 13.2 Å². The first-order valence-corrected chi connectivity index (χ1v) is 12.8. The number of H-pyrrole nitrogens is 1. The van der Waals surface area contributed by atoms with Crippen molar-refractivity contribution in [3.8, 4) is 0 Å². The Bertz CT molecular complexity index is 1360. The fourth-order valence-corrected chi connectivity index (χ4v) is 5.60. The molecule has 1 N–H and O–H groups in total. The summed E-state index contributed by atoms with van der Waals surface area (Å²) in [5.41, 5.74) is 2.48. The number of alkyl halides is 3. The summed E-state index contributed by atoms with van der Waals surface area (Å²) < 4.78 is 44.9. The highest BCUT2D eigenvalue weighted by atomic mass is 19.4. The third-order valence-corrected chi connectivity index (χ3v) is 7.72. The van der Waals surface area contributed by atoms with Gasteiger partial charge in [-0.15, -0.1) is 0 Å². The number of hydrogen-bond acceptors (Lipinski definition) is 5. The minimum atomic E-state index is -4.15. The molecule has 1 amide bonds. The maximum Gasteiger partial charge on any atom is 0.389 e. The van der Waals surface area contributed by atoms with E-state index in [9.17, 15) is 22.8 Å². The molecule has 2 fully saturated rings. The van der Waals surface area contributed by atoms with Gasteiger partial charge in [0.15, 0.2) is 0 Å². The minimum absolute atomic E-state index is 0.0240. The van der Waals surface area contributed by atoms with Gasteiger partial charge in [-0.25, -0.2) is 0 Å². The van der Waals surface area contributed by atoms with Crippen LogP contribution in [-0.2, 0) is 4.74 Å². The van der Waals surface area contributed by atoms with Gasteiger partial charge >= 0.3 is 6.18 Å². The highest BCUT2D eigenvalue weighted by Crippen LogP contribution is 2.31. The first-order valence-electron chi connectivity index (χ1n) is 12.8. The Hall–Kier alpha value is -2.92. The van der Waals surface area contributed by atoms with E-state index in [1.165, 1.54) is 0 Å². The second-order valence-electron chi connectivity index (χ2n) is 10.3. The van der Waals surface area contributed by atoms with E-state index in [0.29, 0.717) is 49.3 Å². The number of hydrogen-bond donors (Lipinski definition) is 1. The lowest BCUT2D eigenvalue weighted by Crippen LogP contribution is -2.37. The molecule has 1 aromatic carbocycles. The van der Waals surface area contributed by atoms with E-state index in [2.05, 4.69) is 10.1 Å². The van der Waals surface area contributed by atoms with Gasteiger partial charge in [0.05, 0.1) is 28.7 Å². The Balaban J connectivity index is 1.41. The summed E-state index contributed by atoms with van der Waals surface area (Å²) in [6.45, 7) is 4.48. The van der Waals surface area contributed by atoms with Crippen molar-refractivity contribution in [1.29, 1.82) is 0 Å². The van der Waals surface area contributed by atoms with E-state index in [4.69, 9.17) is 4.74 Å². The zero-order valence-electron chi connectivity index (χ0n) is 21.1. The van der Waals surface area contributed by atoms with Crippen LogP contribution in [0.2, 0.25) is 0 Å². The Morgan fingerprint density at radius 1 is 1.22 bits per heavy atom.